The van der Waals surface area contributed by atoms with E-state index in [1.165, 1.54) is 18.9 Å². The van der Waals surface area contributed by atoms with Crippen LogP contribution in [0, 0.1) is 12.8 Å². The minimum Gasteiger partial charge on any atom is -0.379 e. The Morgan fingerprint density at radius 2 is 2.14 bits per heavy atom. The van der Waals surface area contributed by atoms with Gasteiger partial charge in [0.05, 0.1) is 11.5 Å². The molecule has 1 aromatic rings. The molecule has 0 radical (unpaired) electrons. The number of amides is 1. The van der Waals surface area contributed by atoms with Gasteiger partial charge in [0.15, 0.2) is 0 Å². The average Bonchev–Trinajstić information content (AvgIpc) is 3.21. The zero-order valence-corrected chi connectivity index (χ0v) is 13.3. The van der Waals surface area contributed by atoms with Crippen LogP contribution in [0.3, 0.4) is 0 Å². The second kappa shape index (κ2) is 6.77. The molecule has 2 rings (SSSR count). The van der Waals surface area contributed by atoms with Gasteiger partial charge in [-0.05, 0) is 43.4 Å². The highest BCUT2D eigenvalue weighted by atomic mass is 35.7. The maximum absolute atomic E-state index is 11.9. The summed E-state index contributed by atoms with van der Waals surface area (Å²) >= 11 is 0. The first-order valence-corrected chi connectivity index (χ1v) is 9.10. The van der Waals surface area contributed by atoms with Crippen molar-refractivity contribution in [1.29, 1.82) is 0 Å². The van der Waals surface area contributed by atoms with Crippen LogP contribution in [0.25, 0.3) is 0 Å². The van der Waals surface area contributed by atoms with Crippen LogP contribution >= 0.6 is 10.7 Å². The van der Waals surface area contributed by atoms with Gasteiger partial charge in [-0.25, -0.2) is 8.42 Å². The van der Waals surface area contributed by atoms with Gasteiger partial charge in [0, 0.05) is 29.4 Å². The fourth-order valence-corrected chi connectivity index (χ4v) is 3.10. The van der Waals surface area contributed by atoms with Gasteiger partial charge >= 0.3 is 0 Å². The number of carbonyl (C=O) groups excluding carboxylic acids is 1. The van der Waals surface area contributed by atoms with E-state index in [1.54, 1.807) is 19.1 Å². The van der Waals surface area contributed by atoms with Gasteiger partial charge in [0.1, 0.15) is 0 Å². The monoisotopic (exact) mass is 331 g/mol. The van der Waals surface area contributed by atoms with Crippen LogP contribution in [-0.4, -0.2) is 34.1 Å². The Kier molecular flexibility index (Phi) is 5.24. The molecule has 1 aromatic carbocycles. The van der Waals surface area contributed by atoms with Crippen LogP contribution in [0.1, 0.15) is 28.8 Å². The van der Waals surface area contributed by atoms with Crippen LogP contribution in [0.15, 0.2) is 23.1 Å². The van der Waals surface area contributed by atoms with Gasteiger partial charge < -0.3 is 10.1 Å². The van der Waals surface area contributed by atoms with Crippen molar-refractivity contribution >= 4 is 25.6 Å². The summed E-state index contributed by atoms with van der Waals surface area (Å²) < 4.78 is 28.2. The predicted molar refractivity (Wildman–Crippen MR) is 80.1 cm³/mol. The number of hydrogen-bond donors (Lipinski definition) is 1. The molecular formula is C14H18ClNO4S. The summed E-state index contributed by atoms with van der Waals surface area (Å²) in [5, 5.41) is 2.69. The highest BCUT2D eigenvalue weighted by Gasteiger charge is 2.21. The van der Waals surface area contributed by atoms with Crippen LogP contribution in [0.4, 0.5) is 0 Å². The van der Waals surface area contributed by atoms with E-state index < -0.39 is 9.05 Å². The van der Waals surface area contributed by atoms with Gasteiger partial charge in [-0.1, -0.05) is 6.07 Å². The molecule has 0 spiro atoms. The summed E-state index contributed by atoms with van der Waals surface area (Å²) in [7, 11) is 1.49. The summed E-state index contributed by atoms with van der Waals surface area (Å²) in [5.41, 5.74) is 0.774. The van der Waals surface area contributed by atoms with Gasteiger partial charge in [-0.2, -0.15) is 0 Å². The molecule has 1 fully saturated rings. The molecule has 0 heterocycles. The van der Waals surface area contributed by atoms with Crippen molar-refractivity contribution in [3.8, 4) is 0 Å². The Morgan fingerprint density at radius 3 is 2.76 bits per heavy atom. The first kappa shape index (κ1) is 16.3. The summed E-state index contributed by atoms with van der Waals surface area (Å²) in [4.78, 5) is 11.9. The van der Waals surface area contributed by atoms with Crippen molar-refractivity contribution < 1.29 is 17.9 Å². The zero-order chi connectivity index (χ0) is 15.5. The third-order valence-corrected chi connectivity index (χ3v) is 4.76. The van der Waals surface area contributed by atoms with E-state index in [-0.39, 0.29) is 16.4 Å². The van der Waals surface area contributed by atoms with Crippen LogP contribution in [-0.2, 0) is 13.8 Å². The molecule has 21 heavy (non-hydrogen) atoms. The molecule has 1 amide bonds. The van der Waals surface area contributed by atoms with E-state index in [2.05, 4.69) is 5.32 Å². The fraction of sp³-hybridized carbons (Fsp3) is 0.500. The first-order chi connectivity index (χ1) is 9.88. The molecule has 0 atom stereocenters. The number of rotatable bonds is 7. The van der Waals surface area contributed by atoms with Crippen molar-refractivity contribution in [3.63, 3.8) is 0 Å². The largest absolute Gasteiger partial charge is 0.379 e. The minimum absolute atomic E-state index is 0.0400. The van der Waals surface area contributed by atoms with Gasteiger partial charge in [0.2, 0.25) is 0 Å². The predicted octanol–water partition coefficient (Wildman–Crippen LogP) is 2.08. The third-order valence-electron chi connectivity index (χ3n) is 3.30. The number of benzene rings is 1. The Labute approximate surface area is 129 Å². The molecule has 0 bridgehead atoms. The molecule has 0 aromatic heterocycles. The molecule has 1 aliphatic carbocycles. The second-order valence-electron chi connectivity index (χ2n) is 5.19. The zero-order valence-electron chi connectivity index (χ0n) is 11.8. The Morgan fingerprint density at radius 1 is 1.43 bits per heavy atom. The third kappa shape index (κ3) is 4.98. The average molecular weight is 332 g/mol. The Balaban J connectivity index is 1.89. The number of hydrogen-bond acceptors (Lipinski definition) is 4. The molecule has 0 saturated heterocycles. The van der Waals surface area contributed by atoms with Crippen LogP contribution in [0.5, 0.6) is 0 Å². The lowest BCUT2D eigenvalue weighted by Gasteiger charge is -2.08. The summed E-state index contributed by atoms with van der Waals surface area (Å²) in [6.07, 6.45) is 2.46. The van der Waals surface area contributed by atoms with Crippen LogP contribution in [0.2, 0.25) is 0 Å². The van der Waals surface area contributed by atoms with Gasteiger partial charge in [-0.15, -0.1) is 0 Å². The van der Waals surface area contributed by atoms with E-state index in [0.717, 1.165) is 6.61 Å². The molecule has 116 valence electrons. The Bertz CT molecular complexity index is 626. The molecule has 0 unspecified atom stereocenters. The highest BCUT2D eigenvalue weighted by molar-refractivity contribution is 8.13. The molecule has 1 saturated carbocycles. The summed E-state index contributed by atoms with van der Waals surface area (Å²) in [5.74, 6) is 0.348. The molecule has 1 aliphatic rings. The van der Waals surface area contributed by atoms with E-state index in [4.69, 9.17) is 15.4 Å². The molecule has 7 heteroatoms. The normalized spacial score (nSPS) is 15.0. The van der Waals surface area contributed by atoms with Gasteiger partial charge in [0.25, 0.3) is 15.0 Å². The minimum atomic E-state index is -3.85. The topological polar surface area (TPSA) is 72.5 Å². The number of ether oxygens (including phenoxy) is 1. The maximum atomic E-state index is 11.9. The van der Waals surface area contributed by atoms with Crippen molar-refractivity contribution in [2.45, 2.75) is 24.7 Å². The van der Waals surface area contributed by atoms with E-state index in [1.807, 2.05) is 0 Å². The van der Waals surface area contributed by atoms with Gasteiger partial charge in [-0.3, -0.25) is 4.79 Å². The molecular weight excluding hydrogens is 314 g/mol. The van der Waals surface area contributed by atoms with Crippen molar-refractivity contribution in [1.82, 2.24) is 5.32 Å². The van der Waals surface area contributed by atoms with Crippen LogP contribution < -0.4 is 5.32 Å². The Hall–Kier alpha value is -1.11. The van der Waals surface area contributed by atoms with Crippen molar-refractivity contribution in [2.24, 2.45) is 5.92 Å². The number of nitrogens with one attached hydrogen (secondary N) is 1. The summed E-state index contributed by atoms with van der Waals surface area (Å²) in [6, 6.07) is 4.42. The summed E-state index contributed by atoms with van der Waals surface area (Å²) in [6.45, 7) is 3.22. The maximum Gasteiger partial charge on any atom is 0.261 e. The fourth-order valence-electron chi connectivity index (χ4n) is 1.88. The number of halogens is 1. The van der Waals surface area contributed by atoms with E-state index >= 15 is 0 Å². The first-order valence-electron chi connectivity index (χ1n) is 6.79. The standard InChI is InChI=1S/C14H18ClNO4S/c1-10-2-5-12(8-13(10)21(15,18)19)14(17)16-6-7-20-9-11-3-4-11/h2,5,8,11H,3-4,6-7,9H2,1H3,(H,16,17). The number of aryl methyl sites for hydroxylation is 1. The molecule has 1 N–H and O–H groups in total. The smallest absolute Gasteiger partial charge is 0.261 e. The molecule has 0 aliphatic heterocycles. The SMILES string of the molecule is Cc1ccc(C(=O)NCCOCC2CC2)cc1S(=O)(=O)Cl. The number of carbonyl (C=O) groups is 1. The second-order valence-corrected chi connectivity index (χ2v) is 7.73. The van der Waals surface area contributed by atoms with Crippen molar-refractivity contribution in [2.75, 3.05) is 19.8 Å². The lowest BCUT2D eigenvalue weighted by atomic mass is 10.1. The lowest BCUT2D eigenvalue weighted by molar-refractivity contribution is 0.0906. The van der Waals surface area contributed by atoms with Crippen molar-refractivity contribution in [3.05, 3.63) is 29.3 Å². The van der Waals surface area contributed by atoms with E-state index in [9.17, 15) is 13.2 Å². The van der Waals surface area contributed by atoms with E-state index in [0.29, 0.717) is 24.6 Å². The molecule has 5 nitrogen and oxygen atoms in total. The lowest BCUT2D eigenvalue weighted by Crippen LogP contribution is -2.27. The quantitative estimate of drug-likeness (QED) is 0.613. The highest BCUT2D eigenvalue weighted by Crippen LogP contribution is 2.28.